The van der Waals surface area contributed by atoms with Gasteiger partial charge >= 0.3 is 0 Å². The highest BCUT2D eigenvalue weighted by atomic mass is 35.5. The lowest BCUT2D eigenvalue weighted by molar-refractivity contribution is 0.171. The van der Waals surface area contributed by atoms with Gasteiger partial charge in [0.15, 0.2) is 0 Å². The average Bonchev–Trinajstić information content (AvgIpc) is 2.63. The van der Waals surface area contributed by atoms with Crippen LogP contribution in [0.1, 0.15) is 18.9 Å². The molecule has 0 radical (unpaired) electrons. The van der Waals surface area contributed by atoms with Crippen molar-refractivity contribution in [1.29, 1.82) is 0 Å². The number of benzene rings is 1. The molecule has 0 spiro atoms. The Morgan fingerprint density at radius 1 is 1.53 bits per heavy atom. The third kappa shape index (κ3) is 2.94. The summed E-state index contributed by atoms with van der Waals surface area (Å²) in [5.41, 5.74) is 1.35. The fourth-order valence-corrected chi connectivity index (χ4v) is 1.98. The van der Waals surface area contributed by atoms with E-state index in [1.54, 1.807) is 0 Å². The summed E-state index contributed by atoms with van der Waals surface area (Å²) in [5, 5.41) is 4.31. The first-order valence-corrected chi connectivity index (χ1v) is 5.63. The van der Waals surface area contributed by atoms with Crippen LogP contribution in [-0.2, 0) is 11.3 Å². The molecule has 15 heavy (non-hydrogen) atoms. The highest BCUT2D eigenvalue weighted by molar-refractivity contribution is 6.30. The van der Waals surface area contributed by atoms with E-state index in [9.17, 15) is 0 Å². The lowest BCUT2D eigenvalue weighted by atomic mass is 10.0. The summed E-state index contributed by atoms with van der Waals surface area (Å²) in [6, 6.07) is 7.95. The zero-order valence-electron chi connectivity index (χ0n) is 8.92. The van der Waals surface area contributed by atoms with Crippen LogP contribution in [0.25, 0.3) is 0 Å². The molecule has 1 aromatic rings. The smallest absolute Gasteiger partial charge is 0.0646 e. The van der Waals surface area contributed by atoms with Crippen molar-refractivity contribution in [2.45, 2.75) is 25.4 Å². The molecule has 0 amide bonds. The number of rotatable bonds is 3. The van der Waals surface area contributed by atoms with E-state index in [0.29, 0.717) is 0 Å². The largest absolute Gasteiger partial charge is 0.379 e. The van der Waals surface area contributed by atoms with Crippen molar-refractivity contribution in [1.82, 2.24) is 5.32 Å². The van der Waals surface area contributed by atoms with Crippen LogP contribution in [0.5, 0.6) is 0 Å². The second kappa shape index (κ2) is 4.52. The fraction of sp³-hybridized carbons (Fsp3) is 0.500. The molecule has 1 heterocycles. The molecule has 0 saturated carbocycles. The maximum Gasteiger partial charge on any atom is 0.0646 e. The summed E-state index contributed by atoms with van der Waals surface area (Å²) in [7, 11) is 0. The molecule has 1 aliphatic heterocycles. The first-order valence-electron chi connectivity index (χ1n) is 5.25. The molecule has 1 saturated heterocycles. The van der Waals surface area contributed by atoms with E-state index in [0.717, 1.165) is 31.2 Å². The number of nitrogens with one attached hydrogen (secondary N) is 1. The van der Waals surface area contributed by atoms with Gasteiger partial charge in [-0.1, -0.05) is 23.7 Å². The number of halogens is 1. The zero-order valence-corrected chi connectivity index (χ0v) is 9.68. The van der Waals surface area contributed by atoms with E-state index in [-0.39, 0.29) is 5.54 Å². The van der Waals surface area contributed by atoms with Gasteiger partial charge in [-0.3, -0.25) is 0 Å². The Kier molecular flexibility index (Phi) is 3.29. The summed E-state index contributed by atoms with van der Waals surface area (Å²) >= 11 is 5.92. The maximum absolute atomic E-state index is 5.92. The van der Waals surface area contributed by atoms with Crippen LogP contribution in [0, 0.1) is 0 Å². The first-order chi connectivity index (χ1) is 7.18. The number of ether oxygens (including phenoxy) is 1. The van der Waals surface area contributed by atoms with Crippen LogP contribution in [0.3, 0.4) is 0 Å². The normalized spacial score (nSPS) is 25.7. The van der Waals surface area contributed by atoms with Crippen LogP contribution in [0.15, 0.2) is 24.3 Å². The van der Waals surface area contributed by atoms with Crippen molar-refractivity contribution in [3.8, 4) is 0 Å². The molecule has 1 aliphatic rings. The van der Waals surface area contributed by atoms with Gasteiger partial charge in [-0.05, 0) is 31.0 Å². The van der Waals surface area contributed by atoms with Crippen LogP contribution in [-0.4, -0.2) is 18.8 Å². The van der Waals surface area contributed by atoms with Crippen LogP contribution >= 0.6 is 11.6 Å². The summed E-state index contributed by atoms with van der Waals surface area (Å²) < 4.78 is 5.38. The minimum atomic E-state index is 0.127. The summed E-state index contributed by atoms with van der Waals surface area (Å²) in [4.78, 5) is 0. The predicted molar refractivity (Wildman–Crippen MR) is 62.1 cm³/mol. The Labute approximate surface area is 95.6 Å². The van der Waals surface area contributed by atoms with Crippen molar-refractivity contribution < 1.29 is 4.74 Å². The molecule has 1 unspecified atom stereocenters. The minimum absolute atomic E-state index is 0.127. The highest BCUT2D eigenvalue weighted by Crippen LogP contribution is 2.18. The standard InChI is InChI=1S/C12H16ClNO/c1-12(5-6-15-9-12)14-8-10-3-2-4-11(13)7-10/h2-4,7,14H,5-6,8-9H2,1H3. The van der Waals surface area contributed by atoms with Gasteiger partial charge in [-0.2, -0.15) is 0 Å². The fourth-order valence-electron chi connectivity index (χ4n) is 1.77. The molecule has 2 rings (SSSR count). The van der Waals surface area contributed by atoms with E-state index in [1.165, 1.54) is 5.56 Å². The predicted octanol–water partition coefficient (Wildman–Crippen LogP) is 2.61. The van der Waals surface area contributed by atoms with Gasteiger partial charge in [-0.25, -0.2) is 0 Å². The monoisotopic (exact) mass is 225 g/mol. The molecule has 1 N–H and O–H groups in total. The van der Waals surface area contributed by atoms with Crippen molar-refractivity contribution in [3.63, 3.8) is 0 Å². The lowest BCUT2D eigenvalue weighted by Crippen LogP contribution is -2.42. The Morgan fingerprint density at radius 3 is 3.07 bits per heavy atom. The van der Waals surface area contributed by atoms with Gasteiger partial charge in [0.2, 0.25) is 0 Å². The first kappa shape index (κ1) is 10.9. The van der Waals surface area contributed by atoms with Gasteiger partial charge < -0.3 is 10.1 Å². The van der Waals surface area contributed by atoms with Crippen LogP contribution in [0.4, 0.5) is 0 Å². The molecular weight excluding hydrogens is 210 g/mol. The molecule has 3 heteroatoms. The topological polar surface area (TPSA) is 21.3 Å². The molecular formula is C12H16ClNO. The summed E-state index contributed by atoms with van der Waals surface area (Å²) in [6.07, 6.45) is 1.08. The molecule has 1 aromatic carbocycles. The molecule has 0 aliphatic carbocycles. The second-order valence-electron chi connectivity index (χ2n) is 4.35. The Hall–Kier alpha value is -0.570. The van der Waals surface area contributed by atoms with Crippen molar-refractivity contribution in [2.75, 3.05) is 13.2 Å². The van der Waals surface area contributed by atoms with Gasteiger partial charge in [0.05, 0.1) is 6.61 Å². The SMILES string of the molecule is CC1(NCc2cccc(Cl)c2)CCOC1. The number of hydrogen-bond donors (Lipinski definition) is 1. The van der Waals surface area contributed by atoms with E-state index < -0.39 is 0 Å². The zero-order chi connectivity index (χ0) is 10.7. The van der Waals surface area contributed by atoms with Gasteiger partial charge in [0.25, 0.3) is 0 Å². The molecule has 2 nitrogen and oxygen atoms in total. The third-order valence-electron chi connectivity index (χ3n) is 2.83. The third-order valence-corrected chi connectivity index (χ3v) is 3.06. The Balaban J connectivity index is 1.92. The van der Waals surface area contributed by atoms with Gasteiger partial charge in [0.1, 0.15) is 0 Å². The van der Waals surface area contributed by atoms with Gasteiger partial charge in [0, 0.05) is 23.7 Å². The van der Waals surface area contributed by atoms with E-state index in [1.807, 2.05) is 18.2 Å². The van der Waals surface area contributed by atoms with Crippen molar-refractivity contribution in [2.24, 2.45) is 0 Å². The molecule has 0 aromatic heterocycles. The van der Waals surface area contributed by atoms with E-state index >= 15 is 0 Å². The Morgan fingerprint density at radius 2 is 2.40 bits per heavy atom. The Bertz CT molecular complexity index is 334. The van der Waals surface area contributed by atoms with Gasteiger partial charge in [-0.15, -0.1) is 0 Å². The van der Waals surface area contributed by atoms with Crippen LogP contribution < -0.4 is 5.32 Å². The molecule has 0 bridgehead atoms. The average molecular weight is 226 g/mol. The van der Waals surface area contributed by atoms with E-state index in [4.69, 9.17) is 16.3 Å². The minimum Gasteiger partial charge on any atom is -0.379 e. The molecule has 82 valence electrons. The van der Waals surface area contributed by atoms with Crippen LogP contribution in [0.2, 0.25) is 5.02 Å². The summed E-state index contributed by atoms with van der Waals surface area (Å²) in [5.74, 6) is 0. The number of hydrogen-bond acceptors (Lipinski definition) is 2. The maximum atomic E-state index is 5.92. The molecule has 1 atom stereocenters. The summed E-state index contributed by atoms with van der Waals surface area (Å²) in [6.45, 7) is 4.71. The molecule has 1 fully saturated rings. The lowest BCUT2D eigenvalue weighted by Gasteiger charge is -2.23. The van der Waals surface area contributed by atoms with Crippen molar-refractivity contribution in [3.05, 3.63) is 34.9 Å². The van der Waals surface area contributed by atoms with E-state index in [2.05, 4.69) is 18.3 Å². The quantitative estimate of drug-likeness (QED) is 0.854. The second-order valence-corrected chi connectivity index (χ2v) is 4.78. The van der Waals surface area contributed by atoms with Crippen molar-refractivity contribution >= 4 is 11.6 Å². The highest BCUT2D eigenvalue weighted by Gasteiger charge is 2.28.